The summed E-state index contributed by atoms with van der Waals surface area (Å²) in [5, 5.41) is 0.221. The Bertz CT molecular complexity index is 1940. The van der Waals surface area contributed by atoms with Gasteiger partial charge in [-0.25, -0.2) is 4.57 Å². The van der Waals surface area contributed by atoms with E-state index >= 15 is 0 Å². The lowest BCUT2D eigenvalue weighted by molar-refractivity contribution is -0.156. The second-order valence-electron chi connectivity index (χ2n) is 14.4. The number of carbonyl (C=O) groups is 1. The van der Waals surface area contributed by atoms with Crippen molar-refractivity contribution in [2.75, 3.05) is 0 Å². The topological polar surface area (TPSA) is 107 Å². The van der Waals surface area contributed by atoms with Crippen LogP contribution in [0, 0.1) is 0 Å². The summed E-state index contributed by atoms with van der Waals surface area (Å²) < 4.78 is 65.6. The molecule has 0 bridgehead atoms. The fourth-order valence-corrected chi connectivity index (χ4v) is 8.20. The fourth-order valence-electron chi connectivity index (χ4n) is 5.45. The Balaban J connectivity index is 1.55. The minimum absolute atomic E-state index is 0.0116. The number of phosphoric ester groups is 1. The molecule has 54 heavy (non-hydrogen) atoms. The van der Waals surface area contributed by atoms with Crippen molar-refractivity contribution in [3.63, 3.8) is 0 Å². The first kappa shape index (κ1) is 40.8. The van der Waals surface area contributed by atoms with E-state index in [1.54, 1.807) is 32.9 Å². The maximum absolute atomic E-state index is 14.9. The molecular formula is C43H48O9P2. The van der Waals surface area contributed by atoms with Gasteiger partial charge in [0.1, 0.15) is 11.4 Å². The van der Waals surface area contributed by atoms with Crippen LogP contribution in [0.2, 0.25) is 0 Å². The van der Waals surface area contributed by atoms with Crippen molar-refractivity contribution >= 4 is 26.7 Å². The van der Waals surface area contributed by atoms with Crippen molar-refractivity contribution in [2.24, 2.45) is 0 Å². The van der Waals surface area contributed by atoms with Crippen LogP contribution in [0.1, 0.15) is 68.9 Å². The fraction of sp³-hybridized carbons (Fsp3) is 0.279. The van der Waals surface area contributed by atoms with Gasteiger partial charge in [-0.3, -0.25) is 18.4 Å². The molecule has 0 amide bonds. The van der Waals surface area contributed by atoms with Crippen molar-refractivity contribution < 1.29 is 41.3 Å². The molecule has 0 aliphatic carbocycles. The average molecular weight is 771 g/mol. The molecule has 5 aromatic carbocycles. The van der Waals surface area contributed by atoms with Crippen LogP contribution in [0.4, 0.5) is 0 Å². The molecule has 5 aromatic rings. The summed E-state index contributed by atoms with van der Waals surface area (Å²) in [5.74, 6) is -0.356. The van der Waals surface area contributed by atoms with Crippen molar-refractivity contribution in [1.82, 2.24) is 0 Å². The van der Waals surface area contributed by atoms with Crippen molar-refractivity contribution in [3.05, 3.63) is 167 Å². The first-order valence-electron chi connectivity index (χ1n) is 17.7. The van der Waals surface area contributed by atoms with Gasteiger partial charge in [-0.2, -0.15) is 0 Å². The van der Waals surface area contributed by atoms with Crippen molar-refractivity contribution in [1.29, 1.82) is 0 Å². The quantitative estimate of drug-likeness (QED) is 0.0636. The Morgan fingerprint density at radius 1 is 0.537 bits per heavy atom. The number of hydrogen-bond donors (Lipinski definition) is 0. The van der Waals surface area contributed by atoms with Crippen LogP contribution in [0.5, 0.6) is 5.75 Å². The van der Waals surface area contributed by atoms with Gasteiger partial charge in [0, 0.05) is 11.0 Å². The zero-order chi connectivity index (χ0) is 38.7. The molecule has 0 aliphatic rings. The standard InChI is InChI=1S/C43H48O9P2/c1-42(2,3)51-41(44)29-43(4,5)39-28-38(53(45,47-30-34-18-10-6-11-19-34)48-31-35-20-12-7-13-21-35)26-27-40(39)52-54(46,49-32-36-22-14-8-15-23-36)50-33-37-24-16-9-17-25-37/h6-28H,29-33H2,1-5H3. The minimum Gasteiger partial charge on any atom is -0.460 e. The smallest absolute Gasteiger partial charge is 0.460 e. The molecular weight excluding hydrogens is 722 g/mol. The molecule has 0 heterocycles. The van der Waals surface area contributed by atoms with Gasteiger partial charge in [0.05, 0.1) is 38.2 Å². The average Bonchev–Trinajstić information content (AvgIpc) is 3.15. The normalized spacial score (nSPS) is 12.3. The molecule has 11 heteroatoms. The Morgan fingerprint density at radius 3 is 1.31 bits per heavy atom. The summed E-state index contributed by atoms with van der Waals surface area (Å²) in [5.41, 5.74) is 1.78. The molecule has 0 unspecified atom stereocenters. The lowest BCUT2D eigenvalue weighted by Crippen LogP contribution is -2.30. The molecule has 0 aromatic heterocycles. The van der Waals surface area contributed by atoms with E-state index in [0.717, 1.165) is 22.3 Å². The van der Waals surface area contributed by atoms with Crippen LogP contribution in [0.15, 0.2) is 140 Å². The molecule has 0 saturated heterocycles. The van der Waals surface area contributed by atoms with Crippen LogP contribution in [0.25, 0.3) is 0 Å². The molecule has 0 saturated carbocycles. The third kappa shape index (κ3) is 12.4. The Hall–Kier alpha value is -4.33. The molecule has 0 spiro atoms. The van der Waals surface area contributed by atoms with Gasteiger partial charge in [-0.1, -0.05) is 135 Å². The predicted molar refractivity (Wildman–Crippen MR) is 210 cm³/mol. The molecule has 0 aliphatic heterocycles. The molecule has 0 radical (unpaired) electrons. The van der Waals surface area contributed by atoms with E-state index in [-0.39, 0.29) is 43.9 Å². The van der Waals surface area contributed by atoms with Crippen molar-refractivity contribution in [3.8, 4) is 5.75 Å². The number of rotatable bonds is 18. The van der Waals surface area contributed by atoms with E-state index in [1.807, 2.05) is 135 Å². The van der Waals surface area contributed by atoms with E-state index in [9.17, 15) is 13.9 Å². The van der Waals surface area contributed by atoms with E-state index in [2.05, 4.69) is 0 Å². The van der Waals surface area contributed by atoms with Crippen LogP contribution < -0.4 is 9.83 Å². The van der Waals surface area contributed by atoms with Gasteiger partial charge in [-0.15, -0.1) is 0 Å². The highest BCUT2D eigenvalue weighted by Crippen LogP contribution is 2.55. The van der Waals surface area contributed by atoms with Crippen molar-refractivity contribution in [2.45, 2.75) is 78.5 Å². The first-order chi connectivity index (χ1) is 25.7. The van der Waals surface area contributed by atoms with Gasteiger partial charge < -0.3 is 18.3 Å². The molecule has 5 rings (SSSR count). The number of esters is 1. The van der Waals surface area contributed by atoms with Crippen LogP contribution >= 0.6 is 15.4 Å². The van der Waals surface area contributed by atoms with Gasteiger partial charge >= 0.3 is 21.4 Å². The number of ether oxygens (including phenoxy) is 1. The SMILES string of the molecule is CC(C)(C)OC(=O)CC(C)(C)c1cc(P(=O)(OCc2ccccc2)OCc2ccccc2)ccc1OP(=O)(OCc1ccccc1)OCc1ccccc1. The first-order valence-corrected chi connectivity index (χ1v) is 20.7. The predicted octanol–water partition coefficient (Wildman–Crippen LogP) is 10.9. The number of carbonyl (C=O) groups excluding carboxylic acids is 1. The zero-order valence-corrected chi connectivity index (χ0v) is 33.2. The number of hydrogen-bond acceptors (Lipinski definition) is 9. The third-order valence-electron chi connectivity index (χ3n) is 8.18. The molecule has 9 nitrogen and oxygen atoms in total. The zero-order valence-electron chi connectivity index (χ0n) is 31.4. The maximum atomic E-state index is 14.9. The lowest BCUT2D eigenvalue weighted by atomic mass is 9.81. The number of phosphoric acid groups is 1. The molecule has 284 valence electrons. The Labute approximate surface area is 318 Å². The summed E-state index contributed by atoms with van der Waals surface area (Å²) in [6.45, 7) is 8.93. The maximum Gasteiger partial charge on any atom is 0.530 e. The molecule has 0 atom stereocenters. The lowest BCUT2D eigenvalue weighted by Gasteiger charge is -2.30. The molecule has 0 N–H and O–H groups in total. The van der Waals surface area contributed by atoms with Crippen LogP contribution in [-0.4, -0.2) is 11.6 Å². The minimum atomic E-state index is -4.35. The second-order valence-corrected chi connectivity index (χ2v) is 18.0. The van der Waals surface area contributed by atoms with Gasteiger partial charge in [-0.05, 0) is 61.2 Å². The van der Waals surface area contributed by atoms with Gasteiger partial charge in [0.2, 0.25) is 0 Å². The van der Waals surface area contributed by atoms with Crippen LogP contribution in [0.3, 0.4) is 0 Å². The van der Waals surface area contributed by atoms with Crippen LogP contribution in [-0.2, 0) is 68.6 Å². The highest BCUT2D eigenvalue weighted by molar-refractivity contribution is 7.62. The summed E-state index contributed by atoms with van der Waals surface area (Å²) in [7, 11) is -8.39. The highest BCUT2D eigenvalue weighted by Gasteiger charge is 2.38. The van der Waals surface area contributed by atoms with Gasteiger partial charge in [0.15, 0.2) is 0 Å². The summed E-state index contributed by atoms with van der Waals surface area (Å²) >= 11 is 0. The largest absolute Gasteiger partial charge is 0.530 e. The summed E-state index contributed by atoms with van der Waals surface area (Å²) in [6, 6.07) is 42.0. The van der Waals surface area contributed by atoms with Gasteiger partial charge in [0.25, 0.3) is 0 Å². The second kappa shape index (κ2) is 18.3. The third-order valence-corrected chi connectivity index (χ3v) is 11.3. The van der Waals surface area contributed by atoms with E-state index in [4.69, 9.17) is 27.4 Å². The monoisotopic (exact) mass is 770 g/mol. The number of benzene rings is 5. The Kier molecular flexibility index (Phi) is 13.9. The summed E-state index contributed by atoms with van der Waals surface area (Å²) in [4.78, 5) is 13.3. The highest BCUT2D eigenvalue weighted by atomic mass is 31.2. The Morgan fingerprint density at radius 2 is 0.926 bits per heavy atom. The van der Waals surface area contributed by atoms with E-state index < -0.39 is 32.4 Å². The van der Waals surface area contributed by atoms with E-state index in [1.165, 1.54) is 6.07 Å². The molecule has 0 fully saturated rings. The summed E-state index contributed by atoms with van der Waals surface area (Å²) in [6.07, 6.45) is -0.0931. The van der Waals surface area contributed by atoms with E-state index in [0.29, 0.717) is 5.56 Å².